The van der Waals surface area contributed by atoms with Crippen LogP contribution in [0, 0.1) is 31.1 Å². The molecule has 0 aromatic heterocycles. The second kappa shape index (κ2) is 5.89. The number of methoxy groups -OCH3 is 1. The molecule has 3 rings (SSSR count). The van der Waals surface area contributed by atoms with E-state index in [2.05, 4.69) is 5.32 Å². The molecule has 1 aromatic carbocycles. The maximum atomic E-state index is 12.9. The van der Waals surface area contributed by atoms with Gasteiger partial charge in [-0.05, 0) is 55.9 Å². The van der Waals surface area contributed by atoms with Crippen LogP contribution in [0.3, 0.4) is 0 Å². The summed E-state index contributed by atoms with van der Waals surface area (Å²) in [6, 6.07) is 3.51. The Labute approximate surface area is 141 Å². The van der Waals surface area contributed by atoms with E-state index in [1.165, 1.54) is 7.11 Å². The second-order valence-corrected chi connectivity index (χ2v) is 6.82. The van der Waals surface area contributed by atoms with Crippen LogP contribution in [0.2, 0.25) is 0 Å². The standard InChI is InChI=1S/C19H21NO4/c1-11-6-13(10-21)7-12(2)16(11)20-18(23)19-5-4-14(8-19)15(9-19)17(22)24-3/h4-7,10,14-15H,8-9H2,1-3H3,(H,20,23). The van der Waals surface area contributed by atoms with E-state index in [-0.39, 0.29) is 23.7 Å². The van der Waals surface area contributed by atoms with Gasteiger partial charge in [0.05, 0.1) is 18.4 Å². The molecule has 0 radical (unpaired) electrons. The summed E-state index contributed by atoms with van der Waals surface area (Å²) in [6.45, 7) is 3.74. The number of anilines is 1. The van der Waals surface area contributed by atoms with Crippen LogP contribution in [0.5, 0.6) is 0 Å². The van der Waals surface area contributed by atoms with Crippen molar-refractivity contribution in [2.24, 2.45) is 17.3 Å². The third kappa shape index (κ3) is 2.54. The van der Waals surface area contributed by atoms with Crippen molar-refractivity contribution in [1.29, 1.82) is 0 Å². The van der Waals surface area contributed by atoms with Gasteiger partial charge in [0, 0.05) is 11.3 Å². The summed E-state index contributed by atoms with van der Waals surface area (Å²) in [6.07, 6.45) is 5.81. The molecular weight excluding hydrogens is 306 g/mol. The summed E-state index contributed by atoms with van der Waals surface area (Å²) < 4.78 is 4.86. The topological polar surface area (TPSA) is 72.5 Å². The number of carbonyl (C=O) groups excluding carboxylic acids is 3. The van der Waals surface area contributed by atoms with Crippen molar-refractivity contribution in [2.45, 2.75) is 26.7 Å². The Kier molecular flexibility index (Phi) is 4.03. The van der Waals surface area contributed by atoms with E-state index in [9.17, 15) is 14.4 Å². The Morgan fingerprint density at radius 3 is 2.50 bits per heavy atom. The number of aldehydes is 1. The number of nitrogens with one attached hydrogen (secondary N) is 1. The Morgan fingerprint density at radius 1 is 1.25 bits per heavy atom. The first kappa shape index (κ1) is 16.4. The quantitative estimate of drug-likeness (QED) is 0.524. The van der Waals surface area contributed by atoms with Gasteiger partial charge in [0.1, 0.15) is 6.29 Å². The number of fused-ring (bicyclic) bond motifs is 2. The number of esters is 1. The molecule has 1 aromatic rings. The minimum Gasteiger partial charge on any atom is -0.469 e. The zero-order chi connectivity index (χ0) is 17.5. The highest BCUT2D eigenvalue weighted by Gasteiger charge is 2.54. The van der Waals surface area contributed by atoms with Gasteiger partial charge in [-0.3, -0.25) is 14.4 Å². The molecule has 3 atom stereocenters. The van der Waals surface area contributed by atoms with Crippen molar-refractivity contribution in [3.8, 4) is 0 Å². The van der Waals surface area contributed by atoms with Crippen molar-refractivity contribution in [1.82, 2.24) is 0 Å². The summed E-state index contributed by atoms with van der Waals surface area (Å²) in [4.78, 5) is 35.8. The summed E-state index contributed by atoms with van der Waals surface area (Å²) in [5.74, 6) is -0.521. The van der Waals surface area contributed by atoms with Gasteiger partial charge < -0.3 is 10.1 Å². The average molecular weight is 327 g/mol. The molecule has 1 N–H and O–H groups in total. The average Bonchev–Trinajstić information content (AvgIpc) is 3.16. The van der Waals surface area contributed by atoms with Crippen LogP contribution in [0.1, 0.15) is 34.3 Å². The van der Waals surface area contributed by atoms with Crippen molar-refractivity contribution in [3.63, 3.8) is 0 Å². The van der Waals surface area contributed by atoms with E-state index < -0.39 is 5.41 Å². The molecule has 24 heavy (non-hydrogen) atoms. The lowest BCUT2D eigenvalue weighted by Gasteiger charge is -2.25. The molecule has 3 unspecified atom stereocenters. The summed E-state index contributed by atoms with van der Waals surface area (Å²) in [7, 11) is 1.38. The van der Waals surface area contributed by atoms with E-state index >= 15 is 0 Å². The molecular formula is C19H21NO4. The molecule has 0 saturated heterocycles. The third-order valence-electron chi connectivity index (χ3n) is 5.25. The van der Waals surface area contributed by atoms with Gasteiger partial charge in [-0.15, -0.1) is 0 Å². The van der Waals surface area contributed by atoms with Gasteiger partial charge in [0.15, 0.2) is 0 Å². The number of carbonyl (C=O) groups is 3. The molecule has 2 aliphatic rings. The monoisotopic (exact) mass is 327 g/mol. The van der Waals surface area contributed by atoms with Crippen molar-refractivity contribution < 1.29 is 19.1 Å². The Balaban J connectivity index is 1.83. The first-order valence-electron chi connectivity index (χ1n) is 8.05. The van der Waals surface area contributed by atoms with Crippen LogP contribution in [0.4, 0.5) is 5.69 Å². The predicted molar refractivity (Wildman–Crippen MR) is 89.7 cm³/mol. The summed E-state index contributed by atoms with van der Waals surface area (Å²) in [5.41, 5.74) is 2.38. The first-order valence-corrected chi connectivity index (χ1v) is 8.05. The number of rotatable bonds is 4. The SMILES string of the molecule is COC(=O)C1CC2(C(=O)Nc3c(C)cc(C=O)cc3C)C=CC1C2. The largest absolute Gasteiger partial charge is 0.469 e. The number of hydrogen-bond acceptors (Lipinski definition) is 4. The molecule has 5 heteroatoms. The zero-order valence-corrected chi connectivity index (χ0v) is 14.1. The lowest BCUT2D eigenvalue weighted by Crippen LogP contribution is -2.33. The van der Waals surface area contributed by atoms with Crippen LogP contribution in [-0.2, 0) is 14.3 Å². The number of amides is 1. The number of allylic oxidation sites excluding steroid dienone is 1. The fraction of sp³-hybridized carbons (Fsp3) is 0.421. The van der Waals surface area contributed by atoms with Crippen LogP contribution in [-0.4, -0.2) is 25.3 Å². The van der Waals surface area contributed by atoms with Crippen molar-refractivity contribution in [3.05, 3.63) is 41.0 Å². The highest BCUT2D eigenvalue weighted by atomic mass is 16.5. The van der Waals surface area contributed by atoms with E-state index in [1.54, 1.807) is 12.1 Å². The fourth-order valence-electron chi connectivity index (χ4n) is 4.01. The molecule has 1 amide bonds. The molecule has 0 aliphatic heterocycles. The molecule has 1 saturated carbocycles. The van der Waals surface area contributed by atoms with Gasteiger partial charge in [-0.2, -0.15) is 0 Å². The molecule has 2 aliphatic carbocycles. The number of hydrogen-bond donors (Lipinski definition) is 1. The normalized spacial score (nSPS) is 27.1. The van der Waals surface area contributed by atoms with Crippen molar-refractivity contribution in [2.75, 3.05) is 12.4 Å². The van der Waals surface area contributed by atoms with Gasteiger partial charge in [-0.25, -0.2) is 0 Å². The third-order valence-corrected chi connectivity index (χ3v) is 5.25. The minimum absolute atomic E-state index is 0.0721. The molecule has 126 valence electrons. The molecule has 5 nitrogen and oxygen atoms in total. The Hall–Kier alpha value is -2.43. The number of ether oxygens (including phenoxy) is 1. The molecule has 1 fully saturated rings. The fourth-order valence-corrected chi connectivity index (χ4v) is 4.01. The summed E-state index contributed by atoms with van der Waals surface area (Å²) in [5, 5.41) is 3.01. The van der Waals surface area contributed by atoms with E-state index in [1.807, 2.05) is 26.0 Å². The van der Waals surface area contributed by atoms with Crippen LogP contribution < -0.4 is 5.32 Å². The predicted octanol–water partition coefficient (Wildman–Crippen LogP) is 2.81. The van der Waals surface area contributed by atoms with Gasteiger partial charge in [0.2, 0.25) is 5.91 Å². The van der Waals surface area contributed by atoms with Gasteiger partial charge in [-0.1, -0.05) is 12.2 Å². The second-order valence-electron chi connectivity index (χ2n) is 6.82. The lowest BCUT2D eigenvalue weighted by molar-refractivity contribution is -0.146. The number of aryl methyl sites for hydroxylation is 2. The van der Waals surface area contributed by atoms with E-state index in [0.717, 1.165) is 23.1 Å². The van der Waals surface area contributed by atoms with Crippen LogP contribution in [0.25, 0.3) is 0 Å². The maximum absolute atomic E-state index is 12.9. The zero-order valence-electron chi connectivity index (χ0n) is 14.1. The Morgan fingerprint density at radius 2 is 1.92 bits per heavy atom. The molecule has 0 spiro atoms. The Bertz CT molecular complexity index is 729. The van der Waals surface area contributed by atoms with E-state index in [0.29, 0.717) is 18.4 Å². The highest BCUT2D eigenvalue weighted by molar-refractivity contribution is 5.99. The van der Waals surface area contributed by atoms with Gasteiger partial charge >= 0.3 is 5.97 Å². The smallest absolute Gasteiger partial charge is 0.309 e. The molecule has 0 heterocycles. The number of benzene rings is 1. The lowest BCUT2D eigenvalue weighted by atomic mass is 9.83. The van der Waals surface area contributed by atoms with Crippen molar-refractivity contribution >= 4 is 23.9 Å². The van der Waals surface area contributed by atoms with Gasteiger partial charge in [0.25, 0.3) is 0 Å². The highest BCUT2D eigenvalue weighted by Crippen LogP contribution is 2.53. The maximum Gasteiger partial charge on any atom is 0.309 e. The van der Waals surface area contributed by atoms with Crippen LogP contribution in [0.15, 0.2) is 24.3 Å². The minimum atomic E-state index is -0.647. The molecule has 2 bridgehead atoms. The van der Waals surface area contributed by atoms with E-state index in [4.69, 9.17) is 4.74 Å². The first-order chi connectivity index (χ1) is 11.4. The van der Waals surface area contributed by atoms with Crippen LogP contribution >= 0.6 is 0 Å². The summed E-state index contributed by atoms with van der Waals surface area (Å²) >= 11 is 0.